The van der Waals surface area contributed by atoms with E-state index in [0.717, 1.165) is 5.76 Å². The van der Waals surface area contributed by atoms with E-state index in [1.165, 1.54) is 0 Å². The fourth-order valence-corrected chi connectivity index (χ4v) is 1.32. The van der Waals surface area contributed by atoms with Crippen LogP contribution in [0.2, 0.25) is 0 Å². The number of hydrogen-bond acceptors (Lipinski definition) is 4. The molecule has 1 aromatic rings. The molecule has 0 aliphatic heterocycles. The molecule has 0 spiro atoms. The Morgan fingerprint density at radius 2 is 2.27 bits per heavy atom. The Hall–Kier alpha value is -0.840. The molecule has 0 fully saturated rings. The summed E-state index contributed by atoms with van der Waals surface area (Å²) in [5, 5.41) is 0. The Labute approximate surface area is 90.3 Å². The van der Waals surface area contributed by atoms with Gasteiger partial charge in [-0.2, -0.15) is 0 Å². The predicted octanol–water partition coefficient (Wildman–Crippen LogP) is 1.72. The maximum atomic E-state index is 5.82. The normalized spacial score (nSPS) is 15.1. The summed E-state index contributed by atoms with van der Waals surface area (Å²) in [7, 11) is 0. The van der Waals surface area contributed by atoms with Gasteiger partial charge in [0, 0.05) is 12.6 Å². The van der Waals surface area contributed by atoms with Gasteiger partial charge in [0.1, 0.15) is 11.9 Å². The van der Waals surface area contributed by atoms with Gasteiger partial charge in [0.15, 0.2) is 0 Å². The standard InChI is InChI=1S/C11H19NO3/c1-3-13-7-8-15-11(9(2)12)10-5-4-6-14-10/h4-6,9,11H,3,7-8,12H2,1-2H3. The number of nitrogens with two attached hydrogens (primary N) is 1. The first kappa shape index (κ1) is 12.2. The van der Waals surface area contributed by atoms with E-state index in [9.17, 15) is 0 Å². The van der Waals surface area contributed by atoms with Crippen molar-refractivity contribution in [1.82, 2.24) is 0 Å². The maximum Gasteiger partial charge on any atom is 0.134 e. The third kappa shape index (κ3) is 4.03. The zero-order valence-corrected chi connectivity index (χ0v) is 9.31. The van der Waals surface area contributed by atoms with Crippen molar-refractivity contribution in [3.63, 3.8) is 0 Å². The molecule has 0 saturated heterocycles. The minimum Gasteiger partial charge on any atom is -0.467 e. The van der Waals surface area contributed by atoms with Crippen LogP contribution in [0.4, 0.5) is 0 Å². The highest BCUT2D eigenvalue weighted by atomic mass is 16.5. The van der Waals surface area contributed by atoms with E-state index in [4.69, 9.17) is 19.6 Å². The fourth-order valence-electron chi connectivity index (χ4n) is 1.32. The van der Waals surface area contributed by atoms with E-state index in [2.05, 4.69) is 0 Å². The maximum absolute atomic E-state index is 5.82. The van der Waals surface area contributed by atoms with Crippen LogP contribution in [0.1, 0.15) is 25.7 Å². The van der Waals surface area contributed by atoms with Crippen LogP contribution >= 0.6 is 0 Å². The van der Waals surface area contributed by atoms with Crippen molar-refractivity contribution in [2.75, 3.05) is 19.8 Å². The molecule has 0 bridgehead atoms. The molecule has 4 nitrogen and oxygen atoms in total. The molecule has 86 valence electrons. The summed E-state index contributed by atoms with van der Waals surface area (Å²) in [5.41, 5.74) is 5.82. The summed E-state index contributed by atoms with van der Waals surface area (Å²) in [6.45, 7) is 5.66. The lowest BCUT2D eigenvalue weighted by Gasteiger charge is -2.19. The van der Waals surface area contributed by atoms with Crippen molar-refractivity contribution >= 4 is 0 Å². The lowest BCUT2D eigenvalue weighted by molar-refractivity contribution is -0.0118. The molecule has 4 heteroatoms. The Bertz CT molecular complexity index is 246. The molecule has 1 heterocycles. The van der Waals surface area contributed by atoms with Gasteiger partial charge >= 0.3 is 0 Å². The molecule has 15 heavy (non-hydrogen) atoms. The van der Waals surface area contributed by atoms with Gasteiger partial charge in [0.2, 0.25) is 0 Å². The number of furan rings is 1. The molecule has 1 rings (SSSR count). The minimum absolute atomic E-state index is 0.0993. The first-order chi connectivity index (χ1) is 7.25. The molecule has 0 amide bonds. The molecule has 2 atom stereocenters. The Morgan fingerprint density at radius 1 is 1.47 bits per heavy atom. The number of ether oxygens (including phenoxy) is 2. The summed E-state index contributed by atoms with van der Waals surface area (Å²) in [6.07, 6.45) is 1.43. The van der Waals surface area contributed by atoms with Gasteiger partial charge in [-0.15, -0.1) is 0 Å². The third-order valence-electron chi connectivity index (χ3n) is 2.03. The van der Waals surface area contributed by atoms with E-state index in [1.54, 1.807) is 6.26 Å². The molecule has 2 N–H and O–H groups in total. The third-order valence-corrected chi connectivity index (χ3v) is 2.03. The van der Waals surface area contributed by atoms with E-state index in [1.807, 2.05) is 26.0 Å². The van der Waals surface area contributed by atoms with Gasteiger partial charge < -0.3 is 19.6 Å². The molecule has 2 unspecified atom stereocenters. The van der Waals surface area contributed by atoms with Crippen molar-refractivity contribution in [2.24, 2.45) is 5.73 Å². The van der Waals surface area contributed by atoms with E-state index < -0.39 is 0 Å². The van der Waals surface area contributed by atoms with Crippen LogP contribution in [0, 0.1) is 0 Å². The predicted molar refractivity (Wildman–Crippen MR) is 57.5 cm³/mol. The SMILES string of the molecule is CCOCCOC(c1ccco1)C(C)N. The molecule has 0 aliphatic rings. The van der Waals surface area contributed by atoms with Gasteiger partial charge in [-0.1, -0.05) is 0 Å². The highest BCUT2D eigenvalue weighted by molar-refractivity contribution is 5.04. The second-order valence-corrected chi connectivity index (χ2v) is 3.36. The molecule has 1 aromatic heterocycles. The largest absolute Gasteiger partial charge is 0.467 e. The van der Waals surface area contributed by atoms with Crippen LogP contribution < -0.4 is 5.73 Å². The van der Waals surface area contributed by atoms with E-state index >= 15 is 0 Å². The number of hydrogen-bond donors (Lipinski definition) is 1. The van der Waals surface area contributed by atoms with Crippen LogP contribution in [-0.2, 0) is 9.47 Å². The van der Waals surface area contributed by atoms with Crippen molar-refractivity contribution in [3.8, 4) is 0 Å². The highest BCUT2D eigenvalue weighted by Gasteiger charge is 2.19. The zero-order chi connectivity index (χ0) is 11.1. The van der Waals surface area contributed by atoms with Crippen LogP contribution in [0.5, 0.6) is 0 Å². The lowest BCUT2D eigenvalue weighted by Crippen LogP contribution is -2.27. The zero-order valence-electron chi connectivity index (χ0n) is 9.31. The minimum atomic E-state index is -0.194. The first-order valence-corrected chi connectivity index (χ1v) is 5.24. The van der Waals surface area contributed by atoms with Gasteiger partial charge in [0.25, 0.3) is 0 Å². The van der Waals surface area contributed by atoms with Crippen molar-refractivity contribution in [3.05, 3.63) is 24.2 Å². The van der Waals surface area contributed by atoms with Crippen LogP contribution in [0.3, 0.4) is 0 Å². The average Bonchev–Trinajstić information content (AvgIpc) is 2.70. The van der Waals surface area contributed by atoms with E-state index in [0.29, 0.717) is 19.8 Å². The highest BCUT2D eigenvalue weighted by Crippen LogP contribution is 2.20. The lowest BCUT2D eigenvalue weighted by atomic mass is 10.1. The summed E-state index contributed by atoms with van der Waals surface area (Å²) in [4.78, 5) is 0. The Kier molecular flexibility index (Phi) is 5.39. The van der Waals surface area contributed by atoms with Crippen molar-refractivity contribution < 1.29 is 13.9 Å². The molecular formula is C11H19NO3. The van der Waals surface area contributed by atoms with E-state index in [-0.39, 0.29) is 12.1 Å². The molecule has 0 radical (unpaired) electrons. The van der Waals surface area contributed by atoms with Gasteiger partial charge in [-0.25, -0.2) is 0 Å². The summed E-state index contributed by atoms with van der Waals surface area (Å²) in [5.74, 6) is 0.765. The molecule has 0 aromatic carbocycles. The average molecular weight is 213 g/mol. The Morgan fingerprint density at radius 3 is 2.80 bits per heavy atom. The monoisotopic (exact) mass is 213 g/mol. The van der Waals surface area contributed by atoms with Crippen molar-refractivity contribution in [2.45, 2.75) is 26.0 Å². The second kappa shape index (κ2) is 6.61. The Balaban J connectivity index is 2.39. The van der Waals surface area contributed by atoms with Gasteiger partial charge in [-0.3, -0.25) is 0 Å². The second-order valence-electron chi connectivity index (χ2n) is 3.36. The molecular weight excluding hydrogens is 194 g/mol. The number of rotatable bonds is 7. The smallest absolute Gasteiger partial charge is 0.134 e. The fraction of sp³-hybridized carbons (Fsp3) is 0.636. The van der Waals surface area contributed by atoms with Gasteiger partial charge in [0.05, 0.1) is 19.5 Å². The van der Waals surface area contributed by atoms with Crippen molar-refractivity contribution in [1.29, 1.82) is 0 Å². The first-order valence-electron chi connectivity index (χ1n) is 5.24. The topological polar surface area (TPSA) is 57.6 Å². The van der Waals surface area contributed by atoms with Crippen LogP contribution in [0.15, 0.2) is 22.8 Å². The summed E-state index contributed by atoms with van der Waals surface area (Å²) in [6, 6.07) is 3.60. The molecule has 0 saturated carbocycles. The van der Waals surface area contributed by atoms with Crippen LogP contribution in [-0.4, -0.2) is 25.9 Å². The van der Waals surface area contributed by atoms with Gasteiger partial charge in [-0.05, 0) is 26.0 Å². The van der Waals surface area contributed by atoms with Crippen LogP contribution in [0.25, 0.3) is 0 Å². The summed E-state index contributed by atoms with van der Waals surface area (Å²) >= 11 is 0. The quantitative estimate of drug-likeness (QED) is 0.701. The molecule has 0 aliphatic carbocycles. The summed E-state index contributed by atoms with van der Waals surface area (Å²) < 4.78 is 16.1.